The molecule has 0 aromatic heterocycles. The molecular formula is C20H28BrNO3. The number of fused-ring (bicyclic) bond motifs is 2. The lowest BCUT2D eigenvalue weighted by atomic mass is 9.98. The summed E-state index contributed by atoms with van der Waals surface area (Å²) in [6.45, 7) is 3.94. The van der Waals surface area contributed by atoms with Crippen molar-refractivity contribution in [2.75, 3.05) is 7.05 Å². The molecule has 1 aromatic carbocycles. The lowest BCUT2D eigenvalue weighted by molar-refractivity contribution is -0.156. The average molecular weight is 410 g/mol. The average Bonchev–Trinajstić information content (AvgIpc) is 2.77. The number of alkyl halides is 1. The summed E-state index contributed by atoms with van der Waals surface area (Å²) < 4.78 is 11.8. The summed E-state index contributed by atoms with van der Waals surface area (Å²) in [5.74, 6) is -0.649. The van der Waals surface area contributed by atoms with Crippen molar-refractivity contribution >= 4 is 21.9 Å². The van der Waals surface area contributed by atoms with Gasteiger partial charge in [0, 0.05) is 12.1 Å². The van der Waals surface area contributed by atoms with Gasteiger partial charge >= 0.3 is 5.97 Å². The molecule has 0 amide bonds. The number of nitrogens with zero attached hydrogens (tertiary/aromatic N) is 1. The molecule has 2 saturated heterocycles. The van der Waals surface area contributed by atoms with E-state index >= 15 is 0 Å². The van der Waals surface area contributed by atoms with Crippen molar-refractivity contribution in [2.24, 2.45) is 0 Å². The Balaban J connectivity index is 1.71. The third-order valence-corrected chi connectivity index (χ3v) is 6.16. The molecule has 2 aliphatic heterocycles. The van der Waals surface area contributed by atoms with E-state index in [0.29, 0.717) is 12.1 Å². The second-order valence-electron chi connectivity index (χ2n) is 7.51. The number of piperidine rings is 1. The van der Waals surface area contributed by atoms with Crippen molar-refractivity contribution in [1.29, 1.82) is 0 Å². The van der Waals surface area contributed by atoms with Crippen LogP contribution in [-0.4, -0.2) is 47.2 Å². The molecule has 0 spiro atoms. The Morgan fingerprint density at radius 3 is 2.32 bits per heavy atom. The van der Waals surface area contributed by atoms with Crippen molar-refractivity contribution in [1.82, 2.24) is 4.90 Å². The first-order chi connectivity index (χ1) is 12.0. The molecule has 2 fully saturated rings. The van der Waals surface area contributed by atoms with Gasteiger partial charge in [0.25, 0.3) is 0 Å². The minimum Gasteiger partial charge on any atom is -0.462 e. The Morgan fingerprint density at radius 1 is 1.16 bits per heavy atom. The number of ether oxygens (including phenoxy) is 2. The van der Waals surface area contributed by atoms with Gasteiger partial charge in [-0.05, 0) is 52.1 Å². The quantitative estimate of drug-likeness (QED) is 0.523. The number of rotatable bonds is 6. The zero-order valence-corrected chi connectivity index (χ0v) is 16.8. The predicted octanol–water partition coefficient (Wildman–Crippen LogP) is 4.08. The van der Waals surface area contributed by atoms with Crippen LogP contribution in [0.15, 0.2) is 30.3 Å². The van der Waals surface area contributed by atoms with Crippen LogP contribution in [0.1, 0.15) is 51.0 Å². The van der Waals surface area contributed by atoms with Crippen molar-refractivity contribution in [3.8, 4) is 0 Å². The number of hydrogen-bond acceptors (Lipinski definition) is 4. The maximum atomic E-state index is 13.0. The van der Waals surface area contributed by atoms with Gasteiger partial charge in [-0.1, -0.05) is 46.3 Å². The highest BCUT2D eigenvalue weighted by atomic mass is 79.9. The van der Waals surface area contributed by atoms with Gasteiger partial charge in [-0.3, -0.25) is 4.79 Å². The molecule has 138 valence electrons. The molecule has 25 heavy (non-hydrogen) atoms. The highest BCUT2D eigenvalue weighted by Gasteiger charge is 2.41. The second kappa shape index (κ2) is 8.19. The summed E-state index contributed by atoms with van der Waals surface area (Å²) in [6.07, 6.45) is 4.37. The van der Waals surface area contributed by atoms with E-state index in [9.17, 15) is 4.79 Å². The Kier molecular flexibility index (Phi) is 6.18. The summed E-state index contributed by atoms with van der Waals surface area (Å²) in [4.78, 5) is 15.5. The smallest absolute Gasteiger partial charge is 0.317 e. The summed E-state index contributed by atoms with van der Waals surface area (Å²) in [7, 11) is 2.19. The zero-order chi connectivity index (χ0) is 18.0. The fraction of sp³-hybridized carbons (Fsp3) is 0.650. The number of carbonyl (C=O) groups excluding carboxylic acids is 1. The van der Waals surface area contributed by atoms with Crippen LogP contribution < -0.4 is 0 Å². The van der Waals surface area contributed by atoms with Crippen LogP contribution in [0.2, 0.25) is 0 Å². The van der Waals surface area contributed by atoms with E-state index in [4.69, 9.17) is 9.47 Å². The molecule has 3 rings (SSSR count). The zero-order valence-electron chi connectivity index (χ0n) is 15.2. The molecule has 0 N–H and O–H groups in total. The highest BCUT2D eigenvalue weighted by Crippen LogP contribution is 2.37. The lowest BCUT2D eigenvalue weighted by Gasteiger charge is -2.36. The number of benzene rings is 1. The van der Waals surface area contributed by atoms with Crippen molar-refractivity contribution in [3.05, 3.63) is 35.9 Å². The van der Waals surface area contributed by atoms with E-state index in [1.165, 1.54) is 12.8 Å². The summed E-state index contributed by atoms with van der Waals surface area (Å²) in [5.41, 5.74) is 0.922. The molecular weight excluding hydrogens is 382 g/mol. The molecule has 1 aromatic rings. The molecule has 5 heteroatoms. The van der Waals surface area contributed by atoms with E-state index in [2.05, 4.69) is 27.9 Å². The third kappa shape index (κ3) is 4.44. The fourth-order valence-corrected chi connectivity index (χ4v) is 5.04. The Morgan fingerprint density at radius 2 is 1.76 bits per heavy atom. The number of halogens is 1. The van der Waals surface area contributed by atoms with Crippen molar-refractivity contribution in [3.63, 3.8) is 0 Å². The van der Waals surface area contributed by atoms with Gasteiger partial charge in [0.15, 0.2) is 0 Å². The van der Waals surface area contributed by atoms with Gasteiger partial charge in [-0.2, -0.15) is 0 Å². The van der Waals surface area contributed by atoms with Crippen LogP contribution in [0, 0.1) is 0 Å². The summed E-state index contributed by atoms with van der Waals surface area (Å²) in [5, 5.41) is -0.398. The van der Waals surface area contributed by atoms with Crippen LogP contribution in [0.25, 0.3) is 0 Å². The topological polar surface area (TPSA) is 38.8 Å². The van der Waals surface area contributed by atoms with E-state index in [1.54, 1.807) is 0 Å². The van der Waals surface area contributed by atoms with E-state index in [0.717, 1.165) is 18.4 Å². The lowest BCUT2D eigenvalue weighted by Crippen LogP contribution is -2.44. The maximum absolute atomic E-state index is 13.0. The van der Waals surface area contributed by atoms with Crippen LogP contribution in [-0.2, 0) is 14.3 Å². The molecule has 0 saturated carbocycles. The van der Waals surface area contributed by atoms with E-state index < -0.39 is 10.9 Å². The first-order valence-electron chi connectivity index (χ1n) is 9.22. The molecule has 2 aliphatic rings. The largest absolute Gasteiger partial charge is 0.462 e. The Labute approximate surface area is 159 Å². The third-order valence-electron chi connectivity index (χ3n) is 5.41. The molecule has 4 atom stereocenters. The van der Waals surface area contributed by atoms with Gasteiger partial charge in [0.2, 0.25) is 0 Å². The molecule has 4 unspecified atom stereocenters. The highest BCUT2D eigenvalue weighted by molar-refractivity contribution is 9.09. The molecule has 2 bridgehead atoms. The monoisotopic (exact) mass is 409 g/mol. The van der Waals surface area contributed by atoms with Gasteiger partial charge in [-0.25, -0.2) is 0 Å². The normalized spacial score (nSPS) is 28.8. The van der Waals surface area contributed by atoms with Crippen LogP contribution in [0.5, 0.6) is 0 Å². The van der Waals surface area contributed by atoms with Crippen molar-refractivity contribution < 1.29 is 14.3 Å². The first-order valence-corrected chi connectivity index (χ1v) is 10.1. The van der Waals surface area contributed by atoms with Gasteiger partial charge in [0.05, 0.1) is 6.10 Å². The Hall–Kier alpha value is -0.910. The maximum Gasteiger partial charge on any atom is 0.317 e. The molecule has 0 radical (unpaired) electrons. The predicted molar refractivity (Wildman–Crippen MR) is 102 cm³/mol. The fourth-order valence-electron chi connectivity index (χ4n) is 4.09. The van der Waals surface area contributed by atoms with E-state index in [1.807, 2.05) is 44.2 Å². The Bertz CT molecular complexity index is 566. The number of esters is 1. The SMILES string of the molecule is CC(C)OC(Br)C(C(=O)OC1CC2CCC(C1)N2C)c1ccccc1. The van der Waals surface area contributed by atoms with Gasteiger partial charge < -0.3 is 14.4 Å². The minimum atomic E-state index is -0.457. The molecule has 4 nitrogen and oxygen atoms in total. The number of hydrogen-bond donors (Lipinski definition) is 0. The molecule has 0 aliphatic carbocycles. The van der Waals surface area contributed by atoms with Crippen molar-refractivity contribution in [2.45, 2.75) is 74.8 Å². The molecule has 2 heterocycles. The number of carbonyl (C=O) groups is 1. The van der Waals surface area contributed by atoms with Gasteiger partial charge in [-0.15, -0.1) is 0 Å². The van der Waals surface area contributed by atoms with Gasteiger partial charge in [0.1, 0.15) is 17.0 Å². The van der Waals surface area contributed by atoms with Crippen LogP contribution in [0.3, 0.4) is 0 Å². The summed E-state index contributed by atoms with van der Waals surface area (Å²) in [6, 6.07) is 10.9. The second-order valence-corrected chi connectivity index (χ2v) is 8.41. The first kappa shape index (κ1) is 18.9. The standard InChI is InChI=1S/C20H28BrNO3/c1-13(2)24-19(21)18(14-7-5-4-6-8-14)20(23)25-17-11-15-9-10-16(12-17)22(15)3/h4-8,13,15-19H,9-12H2,1-3H3. The minimum absolute atomic E-state index is 0.0196. The van der Waals surface area contributed by atoms with Crippen LogP contribution >= 0.6 is 15.9 Å². The van der Waals surface area contributed by atoms with Crippen LogP contribution in [0.4, 0.5) is 0 Å². The van der Waals surface area contributed by atoms with E-state index in [-0.39, 0.29) is 18.2 Å². The summed E-state index contributed by atoms with van der Waals surface area (Å²) >= 11 is 3.56.